The number of hydrogen-bond acceptors (Lipinski definition) is 3. The van der Waals surface area contributed by atoms with E-state index in [1.54, 1.807) is 0 Å². The van der Waals surface area contributed by atoms with Crippen molar-refractivity contribution < 1.29 is 9.53 Å². The number of rotatable bonds is 5. The third-order valence-corrected chi connectivity index (χ3v) is 4.02. The maximum atomic E-state index is 11.9. The molecule has 0 aromatic heterocycles. The molecular formula is C16H15Br2NO2. The van der Waals surface area contributed by atoms with Gasteiger partial charge in [0.25, 0.3) is 0 Å². The Morgan fingerprint density at radius 1 is 0.952 bits per heavy atom. The van der Waals surface area contributed by atoms with Gasteiger partial charge in [-0.2, -0.15) is 0 Å². The fourth-order valence-corrected chi connectivity index (χ4v) is 2.33. The van der Waals surface area contributed by atoms with E-state index in [9.17, 15) is 4.79 Å². The average molecular weight is 413 g/mol. The lowest BCUT2D eigenvalue weighted by Gasteiger charge is -2.12. The van der Waals surface area contributed by atoms with Gasteiger partial charge in [-0.15, -0.1) is 0 Å². The Kier molecular flexibility index (Phi) is 5.96. The second-order valence-corrected chi connectivity index (χ2v) is 6.50. The van der Waals surface area contributed by atoms with Crippen molar-refractivity contribution in [2.75, 3.05) is 0 Å². The fraction of sp³-hybridized carbons (Fsp3) is 0.188. The van der Waals surface area contributed by atoms with Crippen LogP contribution in [0.1, 0.15) is 11.1 Å². The number of ether oxygens (including phenoxy) is 1. The molecule has 2 N–H and O–H groups in total. The lowest BCUT2D eigenvalue weighted by molar-refractivity contribution is -0.146. The van der Waals surface area contributed by atoms with E-state index in [0.717, 1.165) is 20.1 Å². The van der Waals surface area contributed by atoms with Crippen LogP contribution < -0.4 is 5.73 Å². The Labute approximate surface area is 140 Å². The number of hydrogen-bond donors (Lipinski definition) is 1. The van der Waals surface area contributed by atoms with E-state index in [1.165, 1.54) is 0 Å². The largest absolute Gasteiger partial charge is 0.460 e. The first-order chi connectivity index (χ1) is 10.0. The van der Waals surface area contributed by atoms with Crippen LogP contribution in [0, 0.1) is 0 Å². The number of halogens is 2. The molecule has 0 aliphatic heterocycles. The van der Waals surface area contributed by atoms with Crippen molar-refractivity contribution >= 4 is 37.8 Å². The smallest absolute Gasteiger partial charge is 0.323 e. The molecular weight excluding hydrogens is 398 g/mol. The maximum absolute atomic E-state index is 11.9. The molecule has 2 aromatic carbocycles. The van der Waals surface area contributed by atoms with Gasteiger partial charge in [0.2, 0.25) is 0 Å². The van der Waals surface area contributed by atoms with Crippen molar-refractivity contribution in [1.29, 1.82) is 0 Å². The molecule has 0 saturated heterocycles. The summed E-state index contributed by atoms with van der Waals surface area (Å²) in [6.45, 7) is 0.236. The van der Waals surface area contributed by atoms with E-state index in [0.29, 0.717) is 6.42 Å². The Bertz CT molecular complexity index is 597. The molecule has 21 heavy (non-hydrogen) atoms. The first-order valence-electron chi connectivity index (χ1n) is 6.45. The van der Waals surface area contributed by atoms with Gasteiger partial charge >= 0.3 is 5.97 Å². The van der Waals surface area contributed by atoms with E-state index in [1.807, 2.05) is 48.5 Å². The lowest BCUT2D eigenvalue weighted by Crippen LogP contribution is -2.34. The summed E-state index contributed by atoms with van der Waals surface area (Å²) in [6.07, 6.45) is 0.465. The summed E-state index contributed by atoms with van der Waals surface area (Å²) in [5.41, 5.74) is 7.82. The van der Waals surface area contributed by atoms with Gasteiger partial charge in [0.15, 0.2) is 0 Å². The predicted octanol–water partition coefficient (Wildman–Crippen LogP) is 3.82. The predicted molar refractivity (Wildman–Crippen MR) is 89.8 cm³/mol. The molecule has 0 aliphatic carbocycles. The van der Waals surface area contributed by atoms with Crippen LogP contribution in [0.3, 0.4) is 0 Å². The molecule has 0 unspecified atom stereocenters. The van der Waals surface area contributed by atoms with Gasteiger partial charge in [-0.25, -0.2) is 0 Å². The van der Waals surface area contributed by atoms with Gasteiger partial charge in [0.1, 0.15) is 12.6 Å². The Balaban J connectivity index is 1.84. The second-order valence-electron chi connectivity index (χ2n) is 4.67. The molecule has 0 amide bonds. The molecule has 2 aromatic rings. The Morgan fingerprint density at radius 3 is 1.95 bits per heavy atom. The zero-order valence-corrected chi connectivity index (χ0v) is 14.4. The minimum atomic E-state index is -0.651. The zero-order valence-electron chi connectivity index (χ0n) is 11.3. The minimum absolute atomic E-state index is 0.236. The Hall–Kier alpha value is -1.17. The van der Waals surface area contributed by atoms with Crippen molar-refractivity contribution in [3.63, 3.8) is 0 Å². The van der Waals surface area contributed by atoms with Crippen LogP contribution in [0.4, 0.5) is 0 Å². The lowest BCUT2D eigenvalue weighted by atomic mass is 10.1. The highest BCUT2D eigenvalue weighted by Gasteiger charge is 2.15. The number of nitrogens with two attached hydrogens (primary N) is 1. The summed E-state index contributed by atoms with van der Waals surface area (Å²) in [6, 6.07) is 14.7. The normalized spacial score (nSPS) is 12.0. The summed E-state index contributed by atoms with van der Waals surface area (Å²) in [5, 5.41) is 0. The van der Waals surface area contributed by atoms with Crippen molar-refractivity contribution in [3.8, 4) is 0 Å². The Morgan fingerprint density at radius 2 is 1.43 bits per heavy atom. The molecule has 0 fully saturated rings. The number of carbonyl (C=O) groups excluding carboxylic acids is 1. The van der Waals surface area contributed by atoms with Crippen molar-refractivity contribution in [1.82, 2.24) is 0 Å². The molecule has 0 radical (unpaired) electrons. The van der Waals surface area contributed by atoms with E-state index in [4.69, 9.17) is 10.5 Å². The van der Waals surface area contributed by atoms with Gasteiger partial charge in [-0.05, 0) is 41.8 Å². The van der Waals surface area contributed by atoms with Gasteiger partial charge < -0.3 is 10.5 Å². The van der Waals surface area contributed by atoms with E-state index in [-0.39, 0.29) is 12.6 Å². The SMILES string of the molecule is N[C@@H](Cc1ccc(Br)cc1)C(=O)OCc1ccc(Br)cc1. The molecule has 0 saturated carbocycles. The molecule has 0 bridgehead atoms. The van der Waals surface area contributed by atoms with E-state index in [2.05, 4.69) is 31.9 Å². The number of esters is 1. The molecule has 0 spiro atoms. The first-order valence-corrected chi connectivity index (χ1v) is 8.04. The summed E-state index contributed by atoms with van der Waals surface area (Å²) >= 11 is 6.73. The highest BCUT2D eigenvalue weighted by molar-refractivity contribution is 9.10. The molecule has 1 atom stereocenters. The van der Waals surface area contributed by atoms with Gasteiger partial charge in [0.05, 0.1) is 0 Å². The average Bonchev–Trinajstić information content (AvgIpc) is 2.48. The molecule has 3 nitrogen and oxygen atoms in total. The van der Waals surface area contributed by atoms with Crippen LogP contribution in [0.5, 0.6) is 0 Å². The molecule has 0 heterocycles. The summed E-state index contributed by atoms with van der Waals surface area (Å²) in [7, 11) is 0. The minimum Gasteiger partial charge on any atom is -0.460 e. The van der Waals surface area contributed by atoms with Crippen LogP contribution in [0.15, 0.2) is 57.5 Å². The fourth-order valence-electron chi connectivity index (χ4n) is 1.80. The standard InChI is InChI=1S/C16H15Br2NO2/c17-13-5-1-11(2-6-13)9-15(19)16(20)21-10-12-3-7-14(18)8-4-12/h1-8,15H,9-10,19H2/t15-/m0/s1. The van der Waals surface area contributed by atoms with Gasteiger partial charge in [0, 0.05) is 8.95 Å². The summed E-state index contributed by atoms with van der Waals surface area (Å²) < 4.78 is 7.23. The van der Waals surface area contributed by atoms with Gasteiger partial charge in [-0.3, -0.25) is 4.79 Å². The van der Waals surface area contributed by atoms with Crippen LogP contribution in [-0.2, 0) is 22.6 Å². The quantitative estimate of drug-likeness (QED) is 0.759. The monoisotopic (exact) mass is 411 g/mol. The topological polar surface area (TPSA) is 52.3 Å². The maximum Gasteiger partial charge on any atom is 0.323 e. The van der Waals surface area contributed by atoms with Crippen LogP contribution in [0.25, 0.3) is 0 Å². The third-order valence-electron chi connectivity index (χ3n) is 2.97. The number of benzene rings is 2. The molecule has 110 valence electrons. The number of carbonyl (C=O) groups is 1. The molecule has 5 heteroatoms. The summed E-state index contributed by atoms with van der Waals surface area (Å²) in [5.74, 6) is -0.388. The first kappa shape index (κ1) is 16.2. The highest BCUT2D eigenvalue weighted by Crippen LogP contribution is 2.13. The summed E-state index contributed by atoms with van der Waals surface area (Å²) in [4.78, 5) is 11.9. The molecule has 2 rings (SSSR count). The van der Waals surface area contributed by atoms with Crippen LogP contribution >= 0.6 is 31.9 Å². The van der Waals surface area contributed by atoms with E-state index < -0.39 is 6.04 Å². The zero-order chi connectivity index (χ0) is 15.2. The highest BCUT2D eigenvalue weighted by atomic mass is 79.9. The third kappa shape index (κ3) is 5.26. The van der Waals surface area contributed by atoms with Crippen molar-refractivity contribution in [3.05, 3.63) is 68.6 Å². The van der Waals surface area contributed by atoms with Gasteiger partial charge in [-0.1, -0.05) is 56.1 Å². The second kappa shape index (κ2) is 7.73. The van der Waals surface area contributed by atoms with Crippen LogP contribution in [0.2, 0.25) is 0 Å². The van der Waals surface area contributed by atoms with Crippen LogP contribution in [-0.4, -0.2) is 12.0 Å². The van der Waals surface area contributed by atoms with E-state index >= 15 is 0 Å². The van der Waals surface area contributed by atoms with Crippen molar-refractivity contribution in [2.45, 2.75) is 19.1 Å². The molecule has 0 aliphatic rings. The van der Waals surface area contributed by atoms with Crippen molar-refractivity contribution in [2.24, 2.45) is 5.73 Å².